The number of benzene rings is 1. The summed E-state index contributed by atoms with van der Waals surface area (Å²) in [6.07, 6.45) is 11.8. The van der Waals surface area contributed by atoms with Crippen LogP contribution in [0.3, 0.4) is 0 Å². The summed E-state index contributed by atoms with van der Waals surface area (Å²) < 4.78 is 10.7. The van der Waals surface area contributed by atoms with Crippen molar-refractivity contribution in [3.63, 3.8) is 0 Å². The molecule has 132 valence electrons. The van der Waals surface area contributed by atoms with Crippen LogP contribution in [0.25, 0.3) is 5.57 Å². The van der Waals surface area contributed by atoms with Crippen molar-refractivity contribution < 1.29 is 14.5 Å². The van der Waals surface area contributed by atoms with E-state index in [1.54, 1.807) is 14.2 Å². The largest absolute Gasteiger partial charge is 0.623 e. The van der Waals surface area contributed by atoms with Gasteiger partial charge in [0.25, 0.3) is 0 Å². The van der Waals surface area contributed by atoms with Gasteiger partial charge in [0, 0.05) is 37.7 Å². The Balaban J connectivity index is 1.76. The van der Waals surface area contributed by atoms with E-state index in [-0.39, 0.29) is 17.1 Å². The smallest absolute Gasteiger partial charge is 0.136 e. The van der Waals surface area contributed by atoms with Crippen molar-refractivity contribution in [3.05, 3.63) is 76.9 Å². The third-order valence-electron chi connectivity index (χ3n) is 4.87. The predicted molar refractivity (Wildman–Crippen MR) is 99.9 cm³/mol. The first-order chi connectivity index (χ1) is 12.1. The van der Waals surface area contributed by atoms with Crippen LogP contribution >= 0.6 is 0 Å². The minimum atomic E-state index is -0.0441. The van der Waals surface area contributed by atoms with Crippen LogP contribution in [0, 0.1) is 11.1 Å². The SMILES string of the molecule is COC1=CC=C(c2ccc([NH+]([O-])C3=CC(OC)C(C)C=C3)cc2)CC1. The maximum Gasteiger partial charge on any atom is 0.136 e. The molecular weight excluding hydrogens is 314 g/mol. The molecule has 3 unspecified atom stereocenters. The van der Waals surface area contributed by atoms with Gasteiger partial charge in [-0.1, -0.05) is 19.1 Å². The second-order valence-electron chi connectivity index (χ2n) is 6.48. The van der Waals surface area contributed by atoms with Crippen LogP contribution < -0.4 is 5.06 Å². The predicted octanol–water partition coefficient (Wildman–Crippen LogP) is 3.51. The van der Waals surface area contributed by atoms with Gasteiger partial charge in [-0.15, -0.1) is 0 Å². The normalized spacial score (nSPS) is 24.2. The lowest BCUT2D eigenvalue weighted by molar-refractivity contribution is -0.727. The fourth-order valence-electron chi connectivity index (χ4n) is 3.21. The molecule has 25 heavy (non-hydrogen) atoms. The first-order valence-electron chi connectivity index (χ1n) is 8.64. The van der Waals surface area contributed by atoms with Crippen LogP contribution in [0.1, 0.15) is 25.3 Å². The van der Waals surface area contributed by atoms with Crippen molar-refractivity contribution in [2.24, 2.45) is 5.92 Å². The molecule has 0 amide bonds. The minimum absolute atomic E-state index is 0.0379. The number of hydrogen-bond donors (Lipinski definition) is 1. The Morgan fingerprint density at radius 3 is 2.44 bits per heavy atom. The lowest BCUT2D eigenvalue weighted by Crippen LogP contribution is -3.00. The van der Waals surface area contributed by atoms with E-state index < -0.39 is 0 Å². The number of rotatable bonds is 5. The molecule has 3 atom stereocenters. The minimum Gasteiger partial charge on any atom is -0.623 e. The molecule has 4 nitrogen and oxygen atoms in total. The zero-order valence-electron chi connectivity index (χ0n) is 15.0. The van der Waals surface area contributed by atoms with E-state index >= 15 is 0 Å². The molecule has 0 bridgehead atoms. The molecule has 0 heterocycles. The van der Waals surface area contributed by atoms with Crippen molar-refractivity contribution in [1.82, 2.24) is 0 Å². The van der Waals surface area contributed by atoms with Crippen molar-refractivity contribution >= 4 is 11.3 Å². The molecule has 0 radical (unpaired) electrons. The third-order valence-corrected chi connectivity index (χ3v) is 4.87. The molecule has 1 N–H and O–H groups in total. The van der Waals surface area contributed by atoms with Crippen molar-refractivity contribution in [1.29, 1.82) is 0 Å². The topological polar surface area (TPSA) is 46.0 Å². The van der Waals surface area contributed by atoms with Gasteiger partial charge >= 0.3 is 0 Å². The lowest BCUT2D eigenvalue weighted by atomic mass is 9.96. The fourth-order valence-corrected chi connectivity index (χ4v) is 3.21. The monoisotopic (exact) mass is 339 g/mol. The summed E-state index contributed by atoms with van der Waals surface area (Å²) >= 11 is 0. The first-order valence-corrected chi connectivity index (χ1v) is 8.64. The van der Waals surface area contributed by atoms with E-state index in [1.165, 1.54) is 5.57 Å². The number of allylic oxidation sites excluding steroid dienone is 5. The summed E-state index contributed by atoms with van der Waals surface area (Å²) in [4.78, 5) is 0. The van der Waals surface area contributed by atoms with Gasteiger partial charge < -0.3 is 19.7 Å². The molecule has 0 fully saturated rings. The molecule has 2 aliphatic rings. The molecule has 0 saturated carbocycles. The van der Waals surface area contributed by atoms with E-state index in [2.05, 4.69) is 13.0 Å². The zero-order valence-corrected chi connectivity index (χ0v) is 15.0. The Kier molecular flexibility index (Phi) is 5.53. The van der Waals surface area contributed by atoms with Crippen LogP contribution in [0.4, 0.5) is 5.69 Å². The Morgan fingerprint density at radius 2 is 1.84 bits per heavy atom. The van der Waals surface area contributed by atoms with Crippen LogP contribution in [0.15, 0.2) is 66.1 Å². The summed E-state index contributed by atoms with van der Waals surface area (Å²) in [5.74, 6) is 1.29. The number of quaternary nitrogens is 1. The Hall–Kier alpha value is -2.14. The van der Waals surface area contributed by atoms with Gasteiger partial charge in [-0.25, -0.2) is 0 Å². The molecule has 0 spiro atoms. The molecule has 0 aliphatic heterocycles. The third kappa shape index (κ3) is 3.93. The van der Waals surface area contributed by atoms with E-state index in [4.69, 9.17) is 9.47 Å². The van der Waals surface area contributed by atoms with Gasteiger partial charge in [-0.2, -0.15) is 0 Å². The molecule has 0 saturated heterocycles. The maximum absolute atomic E-state index is 12.7. The summed E-state index contributed by atoms with van der Waals surface area (Å²) in [6.45, 7) is 2.08. The Bertz CT molecular complexity index is 728. The highest BCUT2D eigenvalue weighted by Gasteiger charge is 2.20. The van der Waals surface area contributed by atoms with Gasteiger partial charge in [0.1, 0.15) is 11.4 Å². The molecular formula is C21H25NO3. The second kappa shape index (κ2) is 7.83. The Labute approximate surface area is 149 Å². The molecule has 1 aromatic rings. The quantitative estimate of drug-likeness (QED) is 0.835. The van der Waals surface area contributed by atoms with Gasteiger partial charge in [0.2, 0.25) is 0 Å². The average Bonchev–Trinajstić information content (AvgIpc) is 2.68. The molecule has 4 heteroatoms. The average molecular weight is 339 g/mol. The van der Waals surface area contributed by atoms with Crippen molar-refractivity contribution in [2.75, 3.05) is 14.2 Å². The molecule has 2 aliphatic carbocycles. The highest BCUT2D eigenvalue weighted by atomic mass is 16.5. The maximum atomic E-state index is 12.7. The fraction of sp³-hybridized carbons (Fsp3) is 0.333. The van der Waals surface area contributed by atoms with Crippen LogP contribution in [-0.2, 0) is 9.47 Å². The Morgan fingerprint density at radius 1 is 1.08 bits per heavy atom. The van der Waals surface area contributed by atoms with Gasteiger partial charge in [0.05, 0.1) is 19.0 Å². The highest BCUT2D eigenvalue weighted by Crippen LogP contribution is 2.27. The van der Waals surface area contributed by atoms with Crippen molar-refractivity contribution in [3.8, 4) is 0 Å². The van der Waals surface area contributed by atoms with E-state index in [9.17, 15) is 5.21 Å². The summed E-state index contributed by atoms with van der Waals surface area (Å²) in [5, 5.41) is 12.8. The van der Waals surface area contributed by atoms with Gasteiger partial charge in [-0.05, 0) is 41.8 Å². The van der Waals surface area contributed by atoms with E-state index in [0.29, 0.717) is 11.4 Å². The molecule has 1 aromatic carbocycles. The van der Waals surface area contributed by atoms with E-state index in [1.807, 2.05) is 48.6 Å². The molecule has 0 aromatic heterocycles. The van der Waals surface area contributed by atoms with Crippen LogP contribution in [-0.4, -0.2) is 20.3 Å². The van der Waals surface area contributed by atoms with Crippen LogP contribution in [0.2, 0.25) is 0 Å². The summed E-state index contributed by atoms with van der Waals surface area (Å²) in [6, 6.07) is 7.85. The number of ether oxygens (including phenoxy) is 2. The highest BCUT2D eigenvalue weighted by molar-refractivity contribution is 5.69. The number of hydroxylamine groups is 1. The number of hydrogen-bond acceptors (Lipinski definition) is 3. The second-order valence-corrected chi connectivity index (χ2v) is 6.48. The standard InChI is InChI=1S/C21H25NO3/c1-15-4-9-19(14-21(15)25-3)22(23)18-10-5-16(6-11-18)17-7-12-20(24-2)13-8-17/h4-7,9-12,14-15,21-22H,8,13H2,1-3H3. The summed E-state index contributed by atoms with van der Waals surface area (Å²) in [7, 11) is 3.38. The van der Waals surface area contributed by atoms with Gasteiger partial charge in [-0.3, -0.25) is 0 Å². The lowest BCUT2D eigenvalue weighted by Gasteiger charge is -2.28. The van der Waals surface area contributed by atoms with Crippen molar-refractivity contribution in [2.45, 2.75) is 25.9 Å². The van der Waals surface area contributed by atoms with E-state index in [0.717, 1.165) is 24.2 Å². The zero-order chi connectivity index (χ0) is 17.8. The number of nitrogens with one attached hydrogen (secondary N) is 1. The first kappa shape index (κ1) is 17.7. The summed E-state index contributed by atoms with van der Waals surface area (Å²) in [5.41, 5.74) is 3.82. The number of methoxy groups -OCH3 is 2. The molecule has 3 rings (SSSR count). The van der Waals surface area contributed by atoms with Gasteiger partial charge in [0.15, 0.2) is 0 Å². The van der Waals surface area contributed by atoms with Crippen LogP contribution in [0.5, 0.6) is 0 Å².